The summed E-state index contributed by atoms with van der Waals surface area (Å²) in [7, 11) is 0. The lowest BCUT2D eigenvalue weighted by molar-refractivity contribution is 0.477. The quantitative estimate of drug-likeness (QED) is 0.684. The van der Waals surface area contributed by atoms with Crippen molar-refractivity contribution in [3.05, 3.63) is 78.4 Å². The largest absolute Gasteiger partial charge is 0.507 e. The molecule has 0 atom stereocenters. The number of aromatic hydroxyl groups is 1. The van der Waals surface area contributed by atoms with Gasteiger partial charge < -0.3 is 5.11 Å². The molecule has 20 heavy (non-hydrogen) atoms. The lowest BCUT2D eigenvalue weighted by atomic mass is 9.93. The molecule has 0 aliphatic rings. The molecule has 0 fully saturated rings. The van der Waals surface area contributed by atoms with Crippen LogP contribution in [-0.2, 0) is 0 Å². The highest BCUT2D eigenvalue weighted by atomic mass is 16.3. The minimum Gasteiger partial charge on any atom is -0.507 e. The summed E-state index contributed by atoms with van der Waals surface area (Å²) in [6.07, 6.45) is 0. The standard InChI is InChI=1S/C19H16O/c1-14-10-12-15(13-11-14)17-8-5-9-18(20)19(17)16-6-3-2-4-7-16/h2-13,20H,1H3. The van der Waals surface area contributed by atoms with Crippen LogP contribution in [0.4, 0.5) is 0 Å². The molecule has 3 aromatic carbocycles. The van der Waals surface area contributed by atoms with Crippen LogP contribution in [0.5, 0.6) is 5.75 Å². The first kappa shape index (κ1) is 12.5. The van der Waals surface area contributed by atoms with Gasteiger partial charge in [0.15, 0.2) is 0 Å². The maximum absolute atomic E-state index is 10.3. The highest BCUT2D eigenvalue weighted by Crippen LogP contribution is 2.38. The Morgan fingerprint density at radius 3 is 2.05 bits per heavy atom. The number of rotatable bonds is 2. The Morgan fingerprint density at radius 1 is 0.650 bits per heavy atom. The first-order valence-electron chi connectivity index (χ1n) is 6.70. The van der Waals surface area contributed by atoms with Crippen LogP contribution in [0.25, 0.3) is 22.3 Å². The summed E-state index contributed by atoms with van der Waals surface area (Å²) in [5, 5.41) is 10.3. The van der Waals surface area contributed by atoms with Gasteiger partial charge in [-0.15, -0.1) is 0 Å². The van der Waals surface area contributed by atoms with Gasteiger partial charge in [0.25, 0.3) is 0 Å². The molecule has 0 amide bonds. The predicted octanol–water partition coefficient (Wildman–Crippen LogP) is 5.03. The average Bonchev–Trinajstić information content (AvgIpc) is 2.49. The van der Waals surface area contributed by atoms with Gasteiger partial charge >= 0.3 is 0 Å². The van der Waals surface area contributed by atoms with E-state index in [4.69, 9.17) is 0 Å². The molecule has 0 spiro atoms. The third-order valence-corrected chi connectivity index (χ3v) is 3.47. The fourth-order valence-electron chi connectivity index (χ4n) is 2.42. The highest BCUT2D eigenvalue weighted by molar-refractivity contribution is 5.87. The van der Waals surface area contributed by atoms with Crippen LogP contribution < -0.4 is 0 Å². The molecule has 0 unspecified atom stereocenters. The molecule has 0 aliphatic heterocycles. The molecule has 98 valence electrons. The number of hydrogen-bond donors (Lipinski definition) is 1. The molecule has 0 saturated carbocycles. The van der Waals surface area contributed by atoms with Gasteiger partial charge in [0.05, 0.1) is 0 Å². The summed E-state index contributed by atoms with van der Waals surface area (Å²) in [6, 6.07) is 24.0. The van der Waals surface area contributed by atoms with Gasteiger partial charge in [0.2, 0.25) is 0 Å². The number of hydrogen-bond acceptors (Lipinski definition) is 1. The lowest BCUT2D eigenvalue weighted by Gasteiger charge is -2.12. The van der Waals surface area contributed by atoms with Crippen LogP contribution in [0.1, 0.15) is 5.56 Å². The maximum Gasteiger partial charge on any atom is 0.124 e. The Bertz CT molecular complexity index is 713. The Hall–Kier alpha value is -2.54. The van der Waals surface area contributed by atoms with Gasteiger partial charge in [0, 0.05) is 5.56 Å². The van der Waals surface area contributed by atoms with Crippen molar-refractivity contribution in [3.8, 4) is 28.0 Å². The van der Waals surface area contributed by atoms with Crippen LogP contribution in [0.2, 0.25) is 0 Å². The van der Waals surface area contributed by atoms with E-state index in [-0.39, 0.29) is 0 Å². The molecular weight excluding hydrogens is 244 g/mol. The van der Waals surface area contributed by atoms with Crippen LogP contribution in [0, 0.1) is 6.92 Å². The summed E-state index contributed by atoms with van der Waals surface area (Å²) in [6.45, 7) is 2.07. The molecule has 0 radical (unpaired) electrons. The van der Waals surface area contributed by atoms with Crippen LogP contribution in [-0.4, -0.2) is 5.11 Å². The number of aryl methyl sites for hydroxylation is 1. The monoisotopic (exact) mass is 260 g/mol. The van der Waals surface area contributed by atoms with Crippen molar-refractivity contribution >= 4 is 0 Å². The van der Waals surface area contributed by atoms with Gasteiger partial charge in [-0.2, -0.15) is 0 Å². The Kier molecular flexibility index (Phi) is 3.26. The summed E-state index contributed by atoms with van der Waals surface area (Å²) in [5.74, 6) is 0.314. The van der Waals surface area contributed by atoms with Crippen molar-refractivity contribution in [3.63, 3.8) is 0 Å². The molecule has 0 aromatic heterocycles. The van der Waals surface area contributed by atoms with Crippen molar-refractivity contribution in [1.29, 1.82) is 0 Å². The molecule has 1 nitrogen and oxygen atoms in total. The van der Waals surface area contributed by atoms with Gasteiger partial charge in [-0.3, -0.25) is 0 Å². The second-order valence-corrected chi connectivity index (χ2v) is 4.93. The summed E-state index contributed by atoms with van der Waals surface area (Å²) < 4.78 is 0. The fraction of sp³-hybridized carbons (Fsp3) is 0.0526. The van der Waals surface area contributed by atoms with Crippen LogP contribution in [0.15, 0.2) is 72.8 Å². The molecule has 3 aromatic rings. The first-order chi connectivity index (χ1) is 9.75. The van der Waals surface area contributed by atoms with Crippen molar-refractivity contribution in [1.82, 2.24) is 0 Å². The van der Waals surface area contributed by atoms with E-state index in [1.165, 1.54) is 5.56 Å². The van der Waals surface area contributed by atoms with E-state index < -0.39 is 0 Å². The third-order valence-electron chi connectivity index (χ3n) is 3.47. The van der Waals surface area contributed by atoms with E-state index >= 15 is 0 Å². The molecule has 0 aliphatic carbocycles. The Labute approximate surface area is 119 Å². The van der Waals surface area contributed by atoms with Crippen molar-refractivity contribution in [2.24, 2.45) is 0 Å². The van der Waals surface area contributed by atoms with E-state index in [2.05, 4.69) is 31.2 Å². The van der Waals surface area contributed by atoms with Gasteiger partial charge in [-0.05, 0) is 29.7 Å². The number of phenolic OH excluding ortho intramolecular Hbond substituents is 1. The zero-order chi connectivity index (χ0) is 13.9. The topological polar surface area (TPSA) is 20.2 Å². The molecular formula is C19H16O. The van der Waals surface area contributed by atoms with Crippen LogP contribution in [0.3, 0.4) is 0 Å². The lowest BCUT2D eigenvalue weighted by Crippen LogP contribution is -1.86. The summed E-state index contributed by atoms with van der Waals surface area (Å²) in [4.78, 5) is 0. The summed E-state index contributed by atoms with van der Waals surface area (Å²) in [5.41, 5.74) is 5.31. The Balaban J connectivity index is 2.22. The number of phenols is 1. The predicted molar refractivity (Wildman–Crippen MR) is 83.7 cm³/mol. The molecule has 1 N–H and O–H groups in total. The van der Waals surface area contributed by atoms with E-state index in [0.717, 1.165) is 22.3 Å². The van der Waals surface area contributed by atoms with E-state index in [0.29, 0.717) is 5.75 Å². The minimum absolute atomic E-state index is 0.314. The molecule has 0 heterocycles. The zero-order valence-corrected chi connectivity index (χ0v) is 11.4. The SMILES string of the molecule is Cc1ccc(-c2cccc(O)c2-c2ccccc2)cc1. The molecule has 0 bridgehead atoms. The van der Waals surface area contributed by atoms with Crippen molar-refractivity contribution in [2.75, 3.05) is 0 Å². The number of benzene rings is 3. The normalized spacial score (nSPS) is 10.4. The fourth-order valence-corrected chi connectivity index (χ4v) is 2.42. The van der Waals surface area contributed by atoms with Crippen LogP contribution >= 0.6 is 0 Å². The van der Waals surface area contributed by atoms with E-state index in [1.54, 1.807) is 6.07 Å². The second-order valence-electron chi connectivity index (χ2n) is 4.93. The minimum atomic E-state index is 0.314. The molecule has 0 saturated heterocycles. The maximum atomic E-state index is 10.3. The zero-order valence-electron chi connectivity index (χ0n) is 11.4. The molecule has 3 rings (SSSR count). The Morgan fingerprint density at radius 2 is 1.35 bits per heavy atom. The van der Waals surface area contributed by atoms with Gasteiger partial charge in [-0.25, -0.2) is 0 Å². The van der Waals surface area contributed by atoms with Crippen molar-refractivity contribution < 1.29 is 5.11 Å². The smallest absolute Gasteiger partial charge is 0.124 e. The third kappa shape index (κ3) is 2.30. The first-order valence-corrected chi connectivity index (χ1v) is 6.70. The van der Waals surface area contributed by atoms with Gasteiger partial charge in [-0.1, -0.05) is 72.3 Å². The summed E-state index contributed by atoms with van der Waals surface area (Å²) >= 11 is 0. The highest BCUT2D eigenvalue weighted by Gasteiger charge is 2.11. The second kappa shape index (κ2) is 5.22. The molecule has 1 heteroatoms. The van der Waals surface area contributed by atoms with Gasteiger partial charge in [0.1, 0.15) is 5.75 Å². The van der Waals surface area contributed by atoms with Crippen molar-refractivity contribution in [2.45, 2.75) is 6.92 Å². The van der Waals surface area contributed by atoms with E-state index in [9.17, 15) is 5.11 Å². The van der Waals surface area contributed by atoms with E-state index in [1.807, 2.05) is 42.5 Å². The average molecular weight is 260 g/mol.